The first kappa shape index (κ1) is 11.5. The van der Waals surface area contributed by atoms with Crippen LogP contribution in [0.3, 0.4) is 0 Å². The number of rotatable bonds is 2. The predicted octanol–water partition coefficient (Wildman–Crippen LogP) is 3.11. The molecule has 0 fully saturated rings. The Labute approximate surface area is 81.4 Å². The van der Waals surface area contributed by atoms with Crippen molar-refractivity contribution in [1.29, 1.82) is 0 Å². The summed E-state index contributed by atoms with van der Waals surface area (Å²) in [6, 6.07) is 3.00. The normalized spacial score (nSPS) is 11.9. The molecule has 2 N–H and O–H groups in total. The van der Waals surface area contributed by atoms with Gasteiger partial charge in [0.1, 0.15) is 0 Å². The van der Waals surface area contributed by atoms with Crippen LogP contribution in [0.4, 0.5) is 27.6 Å². The molecule has 84 valence electrons. The summed E-state index contributed by atoms with van der Waals surface area (Å²) >= 11 is 0. The molecular formula is C8H6F5NO. The fraction of sp³-hybridized carbons (Fsp3) is 0.250. The molecule has 0 amide bonds. The molecule has 2 nitrogen and oxygen atoms in total. The van der Waals surface area contributed by atoms with Gasteiger partial charge in [0.15, 0.2) is 5.75 Å². The Balaban J connectivity index is 3.14. The molecule has 0 aromatic heterocycles. The smallest absolute Gasteiger partial charge is 0.403 e. The summed E-state index contributed by atoms with van der Waals surface area (Å²) in [6.07, 6.45) is -8.12. The zero-order valence-corrected chi connectivity index (χ0v) is 7.18. The maximum Gasteiger partial charge on any atom is 0.573 e. The van der Waals surface area contributed by atoms with Crippen molar-refractivity contribution in [3.63, 3.8) is 0 Å². The van der Waals surface area contributed by atoms with E-state index in [0.717, 1.165) is 18.2 Å². The first-order valence-electron chi connectivity index (χ1n) is 3.73. The summed E-state index contributed by atoms with van der Waals surface area (Å²) in [6.45, 7) is 0. The third-order valence-electron chi connectivity index (χ3n) is 1.53. The summed E-state index contributed by atoms with van der Waals surface area (Å²) in [4.78, 5) is 0. The van der Waals surface area contributed by atoms with Crippen LogP contribution in [0.1, 0.15) is 12.0 Å². The van der Waals surface area contributed by atoms with Gasteiger partial charge in [-0.15, -0.1) is 13.2 Å². The molecule has 0 saturated heterocycles. The number of alkyl halides is 5. The fourth-order valence-corrected chi connectivity index (χ4v) is 0.979. The number of nitrogen functional groups attached to an aromatic ring is 1. The minimum Gasteiger partial charge on any atom is -0.403 e. The van der Waals surface area contributed by atoms with Gasteiger partial charge in [-0.05, 0) is 12.1 Å². The third-order valence-corrected chi connectivity index (χ3v) is 1.53. The molecular weight excluding hydrogens is 221 g/mol. The Morgan fingerprint density at radius 3 is 2.27 bits per heavy atom. The minimum absolute atomic E-state index is 0.481. The maximum absolute atomic E-state index is 12.3. The Bertz CT molecular complexity index is 349. The molecule has 0 atom stereocenters. The van der Waals surface area contributed by atoms with E-state index in [-0.39, 0.29) is 0 Å². The number of nitrogens with two attached hydrogens (primary N) is 1. The van der Waals surface area contributed by atoms with Gasteiger partial charge in [0.05, 0.1) is 11.3 Å². The summed E-state index contributed by atoms with van der Waals surface area (Å²) < 4.78 is 63.5. The van der Waals surface area contributed by atoms with Gasteiger partial charge < -0.3 is 10.5 Å². The number of para-hydroxylation sites is 1. The molecule has 7 heteroatoms. The zero-order valence-electron chi connectivity index (χ0n) is 7.18. The highest BCUT2D eigenvalue weighted by molar-refractivity contribution is 5.57. The molecule has 0 aliphatic heterocycles. The molecule has 1 aromatic rings. The van der Waals surface area contributed by atoms with Gasteiger partial charge in [0.2, 0.25) is 0 Å². The van der Waals surface area contributed by atoms with Gasteiger partial charge in [-0.1, -0.05) is 6.07 Å². The van der Waals surface area contributed by atoms with Crippen LogP contribution in [0.2, 0.25) is 0 Å². The van der Waals surface area contributed by atoms with E-state index in [1.54, 1.807) is 0 Å². The van der Waals surface area contributed by atoms with Crippen molar-refractivity contribution in [2.45, 2.75) is 12.8 Å². The van der Waals surface area contributed by atoms with Crippen LogP contribution in [0.15, 0.2) is 18.2 Å². The molecule has 0 heterocycles. The number of benzene rings is 1. The number of halogens is 5. The first-order valence-corrected chi connectivity index (χ1v) is 3.73. The van der Waals surface area contributed by atoms with Crippen LogP contribution in [0.5, 0.6) is 5.75 Å². The van der Waals surface area contributed by atoms with Crippen molar-refractivity contribution in [1.82, 2.24) is 0 Å². The largest absolute Gasteiger partial charge is 0.573 e. The third kappa shape index (κ3) is 2.97. The molecule has 15 heavy (non-hydrogen) atoms. The maximum atomic E-state index is 12.3. The Morgan fingerprint density at radius 1 is 1.20 bits per heavy atom. The Morgan fingerprint density at radius 2 is 1.80 bits per heavy atom. The average molecular weight is 227 g/mol. The summed E-state index contributed by atoms with van der Waals surface area (Å²) in [5.41, 5.74) is 3.74. The van der Waals surface area contributed by atoms with Crippen molar-refractivity contribution >= 4 is 5.69 Å². The van der Waals surface area contributed by atoms with Crippen LogP contribution in [-0.2, 0) is 0 Å². The van der Waals surface area contributed by atoms with E-state index >= 15 is 0 Å². The van der Waals surface area contributed by atoms with Crippen LogP contribution in [0, 0.1) is 0 Å². The van der Waals surface area contributed by atoms with Crippen LogP contribution >= 0.6 is 0 Å². The highest BCUT2D eigenvalue weighted by Crippen LogP contribution is 2.36. The van der Waals surface area contributed by atoms with E-state index in [1.165, 1.54) is 0 Å². The molecule has 0 radical (unpaired) electrons. The Hall–Kier alpha value is -1.53. The van der Waals surface area contributed by atoms with Crippen LogP contribution < -0.4 is 10.5 Å². The number of ether oxygens (including phenoxy) is 1. The monoisotopic (exact) mass is 227 g/mol. The predicted molar refractivity (Wildman–Crippen MR) is 42.5 cm³/mol. The average Bonchev–Trinajstić information content (AvgIpc) is 2.05. The van der Waals surface area contributed by atoms with Crippen LogP contribution in [-0.4, -0.2) is 6.36 Å². The van der Waals surface area contributed by atoms with E-state index in [2.05, 4.69) is 4.74 Å². The lowest BCUT2D eigenvalue weighted by Gasteiger charge is -2.14. The van der Waals surface area contributed by atoms with E-state index in [4.69, 9.17) is 5.73 Å². The van der Waals surface area contributed by atoms with Gasteiger partial charge in [-0.3, -0.25) is 0 Å². The van der Waals surface area contributed by atoms with Crippen molar-refractivity contribution in [3.8, 4) is 5.75 Å². The number of hydrogen-bond acceptors (Lipinski definition) is 2. The molecule has 0 aliphatic rings. The second-order valence-electron chi connectivity index (χ2n) is 2.61. The van der Waals surface area contributed by atoms with Gasteiger partial charge in [0, 0.05) is 0 Å². The second kappa shape index (κ2) is 3.92. The Kier molecular flexibility index (Phi) is 3.01. The first-order chi connectivity index (χ1) is 6.81. The fourth-order valence-electron chi connectivity index (χ4n) is 0.979. The molecule has 0 saturated carbocycles. The summed E-state index contributed by atoms with van der Waals surface area (Å²) in [7, 11) is 0. The SMILES string of the molecule is Nc1cccc(C(F)F)c1OC(F)(F)F. The highest BCUT2D eigenvalue weighted by atomic mass is 19.4. The number of hydrogen-bond donors (Lipinski definition) is 1. The lowest BCUT2D eigenvalue weighted by Crippen LogP contribution is -2.19. The van der Waals surface area contributed by atoms with Crippen molar-refractivity contribution in [3.05, 3.63) is 23.8 Å². The topological polar surface area (TPSA) is 35.2 Å². The molecule has 1 aromatic carbocycles. The number of anilines is 1. The second-order valence-corrected chi connectivity index (χ2v) is 2.61. The molecule has 0 spiro atoms. The molecule has 0 unspecified atom stereocenters. The van der Waals surface area contributed by atoms with Gasteiger partial charge in [0.25, 0.3) is 6.43 Å². The standard InChI is InChI=1S/C8H6F5NO/c9-7(10)4-2-1-3-5(14)6(4)15-8(11,12)13/h1-3,7H,14H2. The van der Waals surface area contributed by atoms with Crippen molar-refractivity contribution < 1.29 is 26.7 Å². The summed E-state index contributed by atoms with van der Waals surface area (Å²) in [5.74, 6) is -1.04. The highest BCUT2D eigenvalue weighted by Gasteiger charge is 2.34. The lowest BCUT2D eigenvalue weighted by atomic mass is 10.2. The van der Waals surface area contributed by atoms with E-state index in [1.807, 2.05) is 0 Å². The van der Waals surface area contributed by atoms with E-state index in [9.17, 15) is 22.0 Å². The van der Waals surface area contributed by atoms with Crippen molar-refractivity contribution in [2.24, 2.45) is 0 Å². The zero-order chi connectivity index (χ0) is 11.6. The lowest BCUT2D eigenvalue weighted by molar-refractivity contribution is -0.274. The quantitative estimate of drug-likeness (QED) is 0.622. The minimum atomic E-state index is -5.04. The van der Waals surface area contributed by atoms with Gasteiger partial charge >= 0.3 is 6.36 Å². The van der Waals surface area contributed by atoms with E-state index < -0.39 is 29.8 Å². The molecule has 1 rings (SSSR count). The molecule has 0 bridgehead atoms. The van der Waals surface area contributed by atoms with Gasteiger partial charge in [-0.2, -0.15) is 0 Å². The molecule has 0 aliphatic carbocycles. The van der Waals surface area contributed by atoms with Crippen molar-refractivity contribution in [2.75, 3.05) is 5.73 Å². The summed E-state index contributed by atoms with van der Waals surface area (Å²) in [5, 5.41) is 0. The van der Waals surface area contributed by atoms with E-state index in [0.29, 0.717) is 0 Å². The van der Waals surface area contributed by atoms with Crippen LogP contribution in [0.25, 0.3) is 0 Å². The van der Waals surface area contributed by atoms with Gasteiger partial charge in [-0.25, -0.2) is 8.78 Å².